The molecule has 1 aromatic heterocycles. The van der Waals surface area contributed by atoms with Gasteiger partial charge in [-0.3, -0.25) is 4.68 Å². The standard InChI is InChI=1S/C13H17N3/c1-16-13(10-5-4-8-14-9-10)11-6-2-3-7-12(11)15-16/h2-3,6-7,10,14H,4-5,8-9H2,1H3. The van der Waals surface area contributed by atoms with Crippen molar-refractivity contribution in [1.29, 1.82) is 0 Å². The summed E-state index contributed by atoms with van der Waals surface area (Å²) >= 11 is 0. The van der Waals surface area contributed by atoms with Crippen LogP contribution in [0.4, 0.5) is 0 Å². The van der Waals surface area contributed by atoms with Gasteiger partial charge in [-0.25, -0.2) is 0 Å². The summed E-state index contributed by atoms with van der Waals surface area (Å²) in [6.45, 7) is 2.25. The van der Waals surface area contributed by atoms with E-state index in [-0.39, 0.29) is 0 Å². The highest BCUT2D eigenvalue weighted by Crippen LogP contribution is 2.29. The fourth-order valence-electron chi connectivity index (χ4n) is 2.74. The average Bonchev–Trinajstić information content (AvgIpc) is 2.66. The Balaban J connectivity index is 2.10. The highest BCUT2D eigenvalue weighted by Gasteiger charge is 2.21. The molecule has 0 aliphatic carbocycles. The smallest absolute Gasteiger partial charge is 0.0926 e. The normalized spacial score (nSPS) is 21.4. The number of hydrogen-bond donors (Lipinski definition) is 1. The minimum absolute atomic E-state index is 0.617. The second-order valence-electron chi connectivity index (χ2n) is 4.57. The van der Waals surface area contributed by atoms with Gasteiger partial charge in [-0.15, -0.1) is 0 Å². The van der Waals surface area contributed by atoms with Crippen LogP contribution >= 0.6 is 0 Å². The van der Waals surface area contributed by atoms with E-state index in [1.807, 2.05) is 0 Å². The van der Waals surface area contributed by atoms with E-state index >= 15 is 0 Å². The van der Waals surface area contributed by atoms with Crippen LogP contribution in [0.2, 0.25) is 0 Å². The first kappa shape index (κ1) is 9.85. The Kier molecular flexibility index (Phi) is 2.40. The fourth-order valence-corrected chi connectivity index (χ4v) is 2.74. The lowest BCUT2D eigenvalue weighted by Crippen LogP contribution is -2.29. The Hall–Kier alpha value is -1.35. The lowest BCUT2D eigenvalue weighted by molar-refractivity contribution is 0.443. The highest BCUT2D eigenvalue weighted by molar-refractivity contribution is 5.82. The van der Waals surface area contributed by atoms with Crippen LogP contribution in [0.25, 0.3) is 10.9 Å². The third-order valence-corrected chi connectivity index (χ3v) is 3.47. The van der Waals surface area contributed by atoms with Crippen LogP contribution in [0.1, 0.15) is 24.5 Å². The van der Waals surface area contributed by atoms with Gasteiger partial charge in [0.25, 0.3) is 0 Å². The van der Waals surface area contributed by atoms with Gasteiger partial charge in [0.2, 0.25) is 0 Å². The molecule has 3 rings (SSSR count). The molecule has 0 spiro atoms. The quantitative estimate of drug-likeness (QED) is 0.789. The van der Waals surface area contributed by atoms with Gasteiger partial charge in [-0.2, -0.15) is 5.10 Å². The Morgan fingerprint density at radius 1 is 1.38 bits per heavy atom. The number of nitrogens with one attached hydrogen (secondary N) is 1. The van der Waals surface area contributed by atoms with Gasteiger partial charge in [0, 0.05) is 24.9 Å². The number of rotatable bonds is 1. The molecular weight excluding hydrogens is 198 g/mol. The molecule has 1 aromatic carbocycles. The molecule has 2 aromatic rings. The van der Waals surface area contributed by atoms with E-state index in [1.54, 1.807) is 0 Å². The van der Waals surface area contributed by atoms with Crippen LogP contribution in [-0.2, 0) is 7.05 Å². The fraction of sp³-hybridized carbons (Fsp3) is 0.462. The molecule has 3 heteroatoms. The molecule has 0 bridgehead atoms. The predicted molar refractivity (Wildman–Crippen MR) is 65.6 cm³/mol. The number of benzene rings is 1. The van der Waals surface area contributed by atoms with Crippen molar-refractivity contribution in [2.45, 2.75) is 18.8 Å². The SMILES string of the molecule is Cn1nc2ccccc2c1C1CCCNC1. The lowest BCUT2D eigenvalue weighted by atomic mass is 9.94. The molecule has 1 N–H and O–H groups in total. The molecule has 1 aliphatic rings. The number of nitrogens with zero attached hydrogens (tertiary/aromatic N) is 2. The second-order valence-corrected chi connectivity index (χ2v) is 4.57. The summed E-state index contributed by atoms with van der Waals surface area (Å²) in [5, 5.41) is 9.37. The molecule has 1 aliphatic heterocycles. The zero-order chi connectivity index (χ0) is 11.0. The first-order chi connectivity index (χ1) is 7.86. The monoisotopic (exact) mass is 215 g/mol. The highest BCUT2D eigenvalue weighted by atomic mass is 15.3. The second kappa shape index (κ2) is 3.91. The topological polar surface area (TPSA) is 29.9 Å². The van der Waals surface area contributed by atoms with E-state index in [9.17, 15) is 0 Å². The Morgan fingerprint density at radius 2 is 2.25 bits per heavy atom. The number of aryl methyl sites for hydroxylation is 1. The van der Waals surface area contributed by atoms with E-state index in [4.69, 9.17) is 0 Å². The largest absolute Gasteiger partial charge is 0.316 e. The summed E-state index contributed by atoms with van der Waals surface area (Å²) in [4.78, 5) is 0. The van der Waals surface area contributed by atoms with Gasteiger partial charge in [0.05, 0.1) is 11.2 Å². The van der Waals surface area contributed by atoms with E-state index in [2.05, 4.69) is 46.4 Å². The maximum atomic E-state index is 4.58. The van der Waals surface area contributed by atoms with Gasteiger partial charge in [0.1, 0.15) is 0 Å². The van der Waals surface area contributed by atoms with E-state index < -0.39 is 0 Å². The molecule has 0 amide bonds. The molecule has 1 fully saturated rings. The molecule has 3 nitrogen and oxygen atoms in total. The Labute approximate surface area is 95.5 Å². The van der Waals surface area contributed by atoms with Crippen molar-refractivity contribution in [3.8, 4) is 0 Å². The molecule has 2 heterocycles. The van der Waals surface area contributed by atoms with Crippen molar-refractivity contribution in [1.82, 2.24) is 15.1 Å². The van der Waals surface area contributed by atoms with E-state index in [0.29, 0.717) is 5.92 Å². The third kappa shape index (κ3) is 1.52. The molecule has 0 saturated carbocycles. The summed E-state index contributed by atoms with van der Waals surface area (Å²) in [6, 6.07) is 8.43. The van der Waals surface area contributed by atoms with E-state index in [0.717, 1.165) is 18.6 Å². The van der Waals surface area contributed by atoms with Crippen LogP contribution in [0.15, 0.2) is 24.3 Å². The van der Waals surface area contributed by atoms with Crippen molar-refractivity contribution >= 4 is 10.9 Å². The summed E-state index contributed by atoms with van der Waals surface area (Å²) in [5.41, 5.74) is 2.51. The van der Waals surface area contributed by atoms with Gasteiger partial charge in [-0.1, -0.05) is 18.2 Å². The molecule has 1 unspecified atom stereocenters. The minimum Gasteiger partial charge on any atom is -0.316 e. The molecule has 0 radical (unpaired) electrons. The van der Waals surface area contributed by atoms with Crippen molar-refractivity contribution in [3.05, 3.63) is 30.0 Å². The Bertz CT molecular complexity index is 495. The number of hydrogen-bond acceptors (Lipinski definition) is 2. The lowest BCUT2D eigenvalue weighted by Gasteiger charge is -2.23. The van der Waals surface area contributed by atoms with Gasteiger partial charge in [-0.05, 0) is 25.5 Å². The van der Waals surface area contributed by atoms with Crippen molar-refractivity contribution in [2.75, 3.05) is 13.1 Å². The first-order valence-corrected chi connectivity index (χ1v) is 5.98. The van der Waals surface area contributed by atoms with Crippen molar-refractivity contribution in [2.24, 2.45) is 7.05 Å². The summed E-state index contributed by atoms with van der Waals surface area (Å²) in [7, 11) is 2.06. The van der Waals surface area contributed by atoms with Crippen LogP contribution in [0.5, 0.6) is 0 Å². The molecule has 1 atom stereocenters. The first-order valence-electron chi connectivity index (χ1n) is 5.98. The molecule has 1 saturated heterocycles. The number of aromatic nitrogens is 2. The number of fused-ring (bicyclic) bond motifs is 1. The van der Waals surface area contributed by atoms with Gasteiger partial charge in [0.15, 0.2) is 0 Å². The summed E-state index contributed by atoms with van der Waals surface area (Å²) < 4.78 is 2.06. The van der Waals surface area contributed by atoms with Crippen LogP contribution in [-0.4, -0.2) is 22.9 Å². The number of piperidine rings is 1. The Morgan fingerprint density at radius 3 is 3.06 bits per heavy atom. The zero-order valence-corrected chi connectivity index (χ0v) is 9.61. The van der Waals surface area contributed by atoms with E-state index in [1.165, 1.54) is 23.9 Å². The molecule has 16 heavy (non-hydrogen) atoms. The van der Waals surface area contributed by atoms with Crippen molar-refractivity contribution < 1.29 is 0 Å². The van der Waals surface area contributed by atoms with Gasteiger partial charge >= 0.3 is 0 Å². The molecular formula is C13H17N3. The predicted octanol–water partition coefficient (Wildman–Crippen LogP) is 2.04. The summed E-state index contributed by atoms with van der Waals surface area (Å²) in [6.07, 6.45) is 2.54. The third-order valence-electron chi connectivity index (χ3n) is 3.47. The summed E-state index contributed by atoms with van der Waals surface area (Å²) in [5.74, 6) is 0.617. The molecule has 84 valence electrons. The van der Waals surface area contributed by atoms with Crippen LogP contribution in [0.3, 0.4) is 0 Å². The average molecular weight is 215 g/mol. The maximum Gasteiger partial charge on any atom is 0.0926 e. The zero-order valence-electron chi connectivity index (χ0n) is 9.61. The van der Waals surface area contributed by atoms with Crippen molar-refractivity contribution in [3.63, 3.8) is 0 Å². The maximum absolute atomic E-state index is 4.58. The minimum atomic E-state index is 0.617. The van der Waals surface area contributed by atoms with Crippen LogP contribution in [0, 0.1) is 0 Å². The van der Waals surface area contributed by atoms with Crippen LogP contribution < -0.4 is 5.32 Å². The van der Waals surface area contributed by atoms with Gasteiger partial charge < -0.3 is 5.32 Å².